The van der Waals surface area contributed by atoms with E-state index in [0.29, 0.717) is 6.04 Å². The molecule has 100 valence electrons. The molecule has 0 aromatic heterocycles. The van der Waals surface area contributed by atoms with Crippen molar-refractivity contribution in [2.75, 3.05) is 45.3 Å². The van der Waals surface area contributed by atoms with Crippen LogP contribution in [0.2, 0.25) is 0 Å². The fourth-order valence-corrected chi connectivity index (χ4v) is 4.02. The Kier molecular flexibility index (Phi) is 5.15. The highest BCUT2D eigenvalue weighted by Crippen LogP contribution is 2.37. The lowest BCUT2D eigenvalue weighted by molar-refractivity contribution is -0.0931. The van der Waals surface area contributed by atoms with Crippen molar-refractivity contribution in [3.8, 4) is 0 Å². The van der Waals surface area contributed by atoms with Crippen molar-refractivity contribution in [1.82, 2.24) is 10.2 Å². The van der Waals surface area contributed by atoms with E-state index in [1.807, 2.05) is 0 Å². The van der Waals surface area contributed by atoms with Gasteiger partial charge in [-0.2, -0.15) is 11.8 Å². The van der Waals surface area contributed by atoms with Gasteiger partial charge in [-0.25, -0.2) is 0 Å². The smallest absolute Gasteiger partial charge is 0.0713 e. The van der Waals surface area contributed by atoms with Gasteiger partial charge in [0.25, 0.3) is 0 Å². The lowest BCUT2D eigenvalue weighted by Gasteiger charge is -2.43. The molecular weight excluding hydrogens is 232 g/mol. The SMILES string of the molecule is CN(C)CCNC1CCOC2(CCSCC2)C1. The minimum atomic E-state index is 0.222. The first kappa shape index (κ1) is 13.7. The Morgan fingerprint density at radius 1 is 1.35 bits per heavy atom. The van der Waals surface area contributed by atoms with E-state index in [1.165, 1.54) is 37.2 Å². The molecule has 2 aliphatic heterocycles. The Bertz CT molecular complexity index is 224. The van der Waals surface area contributed by atoms with Gasteiger partial charge in [0, 0.05) is 25.7 Å². The molecule has 2 heterocycles. The minimum Gasteiger partial charge on any atom is -0.375 e. The predicted molar refractivity (Wildman–Crippen MR) is 74.8 cm³/mol. The summed E-state index contributed by atoms with van der Waals surface area (Å²) in [6, 6.07) is 0.673. The standard InChI is InChI=1S/C13H26N2OS/c1-15(2)7-6-14-12-3-8-16-13(11-12)4-9-17-10-5-13/h12,14H,3-11H2,1-2H3. The molecule has 2 aliphatic rings. The highest BCUT2D eigenvalue weighted by molar-refractivity contribution is 7.99. The van der Waals surface area contributed by atoms with Crippen molar-refractivity contribution < 1.29 is 4.74 Å². The first-order chi connectivity index (χ1) is 8.20. The highest BCUT2D eigenvalue weighted by atomic mass is 32.2. The van der Waals surface area contributed by atoms with Crippen LogP contribution in [0.1, 0.15) is 25.7 Å². The maximum Gasteiger partial charge on any atom is 0.0713 e. The van der Waals surface area contributed by atoms with Gasteiger partial charge in [0.1, 0.15) is 0 Å². The first-order valence-electron chi connectivity index (χ1n) is 6.80. The number of rotatable bonds is 4. The quantitative estimate of drug-likeness (QED) is 0.827. The second-order valence-corrected chi connectivity index (χ2v) is 6.82. The van der Waals surface area contributed by atoms with Gasteiger partial charge in [-0.3, -0.25) is 0 Å². The number of nitrogens with one attached hydrogen (secondary N) is 1. The second-order valence-electron chi connectivity index (χ2n) is 5.59. The summed E-state index contributed by atoms with van der Waals surface area (Å²) in [5, 5.41) is 3.70. The van der Waals surface area contributed by atoms with Crippen LogP contribution in [0.25, 0.3) is 0 Å². The largest absolute Gasteiger partial charge is 0.375 e. The van der Waals surface area contributed by atoms with Crippen molar-refractivity contribution in [3.05, 3.63) is 0 Å². The molecule has 3 nitrogen and oxygen atoms in total. The molecule has 0 aromatic rings. The van der Waals surface area contributed by atoms with Gasteiger partial charge in [-0.15, -0.1) is 0 Å². The van der Waals surface area contributed by atoms with E-state index in [1.54, 1.807) is 0 Å². The topological polar surface area (TPSA) is 24.5 Å². The fraction of sp³-hybridized carbons (Fsp3) is 1.00. The lowest BCUT2D eigenvalue weighted by Crippen LogP contribution is -2.49. The number of hydrogen-bond acceptors (Lipinski definition) is 4. The summed E-state index contributed by atoms with van der Waals surface area (Å²) in [6.45, 7) is 3.17. The molecule has 2 saturated heterocycles. The first-order valence-corrected chi connectivity index (χ1v) is 7.95. The Labute approximate surface area is 110 Å². The molecule has 0 radical (unpaired) electrons. The third-order valence-electron chi connectivity index (χ3n) is 3.89. The van der Waals surface area contributed by atoms with Gasteiger partial charge in [-0.05, 0) is 51.3 Å². The third kappa shape index (κ3) is 4.12. The van der Waals surface area contributed by atoms with Crippen LogP contribution >= 0.6 is 11.8 Å². The fourth-order valence-electron chi connectivity index (χ4n) is 2.79. The highest BCUT2D eigenvalue weighted by Gasteiger charge is 2.38. The molecule has 4 heteroatoms. The van der Waals surface area contributed by atoms with Crippen molar-refractivity contribution in [2.45, 2.75) is 37.3 Å². The molecule has 2 rings (SSSR count). The van der Waals surface area contributed by atoms with Crippen LogP contribution < -0.4 is 5.32 Å². The Morgan fingerprint density at radius 3 is 2.82 bits per heavy atom. The summed E-state index contributed by atoms with van der Waals surface area (Å²) >= 11 is 2.08. The predicted octanol–water partition coefficient (Wildman–Crippen LogP) is 1.58. The van der Waals surface area contributed by atoms with Gasteiger partial charge >= 0.3 is 0 Å². The van der Waals surface area contributed by atoms with Crippen molar-refractivity contribution in [1.29, 1.82) is 0 Å². The van der Waals surface area contributed by atoms with Crippen molar-refractivity contribution in [2.24, 2.45) is 0 Å². The molecule has 0 bridgehead atoms. The van der Waals surface area contributed by atoms with Crippen molar-refractivity contribution in [3.63, 3.8) is 0 Å². The van der Waals surface area contributed by atoms with Crippen molar-refractivity contribution >= 4 is 11.8 Å². The Balaban J connectivity index is 1.76. The zero-order valence-electron chi connectivity index (χ0n) is 11.2. The van der Waals surface area contributed by atoms with E-state index in [4.69, 9.17) is 4.74 Å². The summed E-state index contributed by atoms with van der Waals surface area (Å²) in [7, 11) is 4.26. The zero-order chi connectivity index (χ0) is 12.1. The number of ether oxygens (including phenoxy) is 1. The molecule has 0 aliphatic carbocycles. The van der Waals surface area contributed by atoms with E-state index < -0.39 is 0 Å². The minimum absolute atomic E-state index is 0.222. The van der Waals surface area contributed by atoms with E-state index in [0.717, 1.165) is 19.7 Å². The average molecular weight is 258 g/mol. The van der Waals surface area contributed by atoms with E-state index in [-0.39, 0.29) is 5.60 Å². The molecule has 0 aromatic carbocycles. The third-order valence-corrected chi connectivity index (χ3v) is 4.87. The molecule has 1 N–H and O–H groups in total. The molecule has 0 amide bonds. The van der Waals surface area contributed by atoms with Crippen LogP contribution in [-0.4, -0.2) is 61.8 Å². The van der Waals surface area contributed by atoms with E-state index in [9.17, 15) is 0 Å². The molecular formula is C13H26N2OS. The van der Waals surface area contributed by atoms with Crippen LogP contribution in [-0.2, 0) is 4.74 Å². The summed E-state index contributed by atoms with van der Waals surface area (Å²) in [6.07, 6.45) is 4.91. The number of nitrogens with zero attached hydrogens (tertiary/aromatic N) is 1. The summed E-state index contributed by atoms with van der Waals surface area (Å²) < 4.78 is 6.10. The van der Waals surface area contributed by atoms with Crippen LogP contribution in [0.3, 0.4) is 0 Å². The normalized spacial score (nSPS) is 28.8. The van der Waals surface area contributed by atoms with Gasteiger partial charge < -0.3 is 15.0 Å². The lowest BCUT2D eigenvalue weighted by atomic mass is 9.85. The monoisotopic (exact) mass is 258 g/mol. The maximum atomic E-state index is 6.10. The summed E-state index contributed by atoms with van der Waals surface area (Å²) in [5.41, 5.74) is 0.222. The molecule has 2 fully saturated rings. The van der Waals surface area contributed by atoms with Gasteiger partial charge in [0.15, 0.2) is 0 Å². The number of hydrogen-bond donors (Lipinski definition) is 1. The molecule has 17 heavy (non-hydrogen) atoms. The molecule has 1 atom stereocenters. The second kappa shape index (κ2) is 6.41. The van der Waals surface area contributed by atoms with Crippen LogP contribution in [0.15, 0.2) is 0 Å². The molecule has 0 saturated carbocycles. The van der Waals surface area contributed by atoms with Gasteiger partial charge in [0.05, 0.1) is 5.60 Å². The average Bonchev–Trinajstić information content (AvgIpc) is 2.29. The van der Waals surface area contributed by atoms with Gasteiger partial charge in [0.2, 0.25) is 0 Å². The molecule has 1 unspecified atom stereocenters. The summed E-state index contributed by atoms with van der Waals surface area (Å²) in [5.74, 6) is 2.56. The Morgan fingerprint density at radius 2 is 2.12 bits per heavy atom. The molecule has 1 spiro atoms. The zero-order valence-corrected chi connectivity index (χ0v) is 12.0. The number of likely N-dealkylation sites (N-methyl/N-ethyl adjacent to an activating group) is 1. The van der Waals surface area contributed by atoms with Gasteiger partial charge in [-0.1, -0.05) is 0 Å². The Hall–Kier alpha value is 0.230. The van der Waals surface area contributed by atoms with Crippen LogP contribution in [0, 0.1) is 0 Å². The number of thioether (sulfide) groups is 1. The summed E-state index contributed by atoms with van der Waals surface area (Å²) in [4.78, 5) is 2.24. The van der Waals surface area contributed by atoms with Crippen LogP contribution in [0.4, 0.5) is 0 Å². The van der Waals surface area contributed by atoms with E-state index >= 15 is 0 Å². The van der Waals surface area contributed by atoms with Crippen LogP contribution in [0.5, 0.6) is 0 Å². The maximum absolute atomic E-state index is 6.10. The van der Waals surface area contributed by atoms with E-state index in [2.05, 4.69) is 36.1 Å².